The SMILES string of the molecule is CC[C@H](C)NCc1ncc(-c2ccc(B3OC(C)(C)C(C)(C)O3)cc2)[nH]1. The Labute approximate surface area is 157 Å². The molecule has 1 aromatic carbocycles. The van der Waals surface area contributed by atoms with Crippen LogP contribution in [-0.2, 0) is 15.9 Å². The molecule has 0 unspecified atom stereocenters. The third kappa shape index (κ3) is 3.87. The van der Waals surface area contributed by atoms with E-state index in [1.165, 1.54) is 0 Å². The van der Waals surface area contributed by atoms with E-state index in [0.29, 0.717) is 6.04 Å². The number of H-pyrrole nitrogens is 1. The highest BCUT2D eigenvalue weighted by Gasteiger charge is 2.51. The lowest BCUT2D eigenvalue weighted by Gasteiger charge is -2.32. The van der Waals surface area contributed by atoms with E-state index in [1.54, 1.807) is 0 Å². The van der Waals surface area contributed by atoms with Crippen molar-refractivity contribution < 1.29 is 9.31 Å². The Hall–Kier alpha value is -1.63. The van der Waals surface area contributed by atoms with Crippen LogP contribution in [0.5, 0.6) is 0 Å². The van der Waals surface area contributed by atoms with Crippen molar-refractivity contribution in [1.82, 2.24) is 15.3 Å². The maximum atomic E-state index is 6.11. The van der Waals surface area contributed by atoms with Crippen LogP contribution in [-0.4, -0.2) is 34.3 Å². The molecule has 0 radical (unpaired) electrons. The second kappa shape index (κ2) is 7.18. The van der Waals surface area contributed by atoms with Crippen LogP contribution >= 0.6 is 0 Å². The molecule has 26 heavy (non-hydrogen) atoms. The lowest BCUT2D eigenvalue weighted by atomic mass is 9.79. The van der Waals surface area contributed by atoms with Crippen molar-refractivity contribution in [3.8, 4) is 11.3 Å². The first-order valence-electron chi connectivity index (χ1n) is 9.45. The largest absolute Gasteiger partial charge is 0.494 e. The van der Waals surface area contributed by atoms with Gasteiger partial charge in [0.05, 0.1) is 29.6 Å². The molecule has 2 aromatic rings. The van der Waals surface area contributed by atoms with Crippen molar-refractivity contribution in [3.05, 3.63) is 36.3 Å². The van der Waals surface area contributed by atoms with Gasteiger partial charge in [-0.25, -0.2) is 4.98 Å². The summed E-state index contributed by atoms with van der Waals surface area (Å²) in [5.41, 5.74) is 2.51. The lowest BCUT2D eigenvalue weighted by molar-refractivity contribution is 0.00578. The fourth-order valence-corrected chi connectivity index (χ4v) is 2.81. The summed E-state index contributed by atoms with van der Waals surface area (Å²) in [5.74, 6) is 0.954. The number of imidazole rings is 1. The molecular formula is C20H30BN3O2. The molecule has 1 fully saturated rings. The van der Waals surface area contributed by atoms with Gasteiger partial charge in [0.1, 0.15) is 5.82 Å². The van der Waals surface area contributed by atoms with E-state index in [-0.39, 0.29) is 18.3 Å². The van der Waals surface area contributed by atoms with Gasteiger partial charge in [-0.1, -0.05) is 31.2 Å². The zero-order valence-electron chi connectivity index (χ0n) is 16.7. The summed E-state index contributed by atoms with van der Waals surface area (Å²) in [6.45, 7) is 13.4. The highest BCUT2D eigenvalue weighted by atomic mass is 16.7. The molecule has 1 atom stereocenters. The Bertz CT molecular complexity index is 724. The maximum Gasteiger partial charge on any atom is 0.494 e. The molecule has 1 aliphatic rings. The smallest absolute Gasteiger partial charge is 0.399 e. The van der Waals surface area contributed by atoms with Gasteiger partial charge in [-0.3, -0.25) is 0 Å². The summed E-state index contributed by atoms with van der Waals surface area (Å²) < 4.78 is 12.2. The fraction of sp³-hybridized carbons (Fsp3) is 0.550. The van der Waals surface area contributed by atoms with Gasteiger partial charge in [0.2, 0.25) is 0 Å². The van der Waals surface area contributed by atoms with Crippen molar-refractivity contribution in [2.24, 2.45) is 0 Å². The first-order chi connectivity index (χ1) is 12.2. The summed E-state index contributed by atoms with van der Waals surface area (Å²) in [7, 11) is -0.328. The first kappa shape index (κ1) is 19.1. The van der Waals surface area contributed by atoms with E-state index in [1.807, 2.05) is 6.20 Å². The second-order valence-corrected chi connectivity index (χ2v) is 8.14. The van der Waals surface area contributed by atoms with Crippen LogP contribution < -0.4 is 10.8 Å². The standard InChI is InChI=1S/C20H30BN3O2/c1-7-14(2)22-13-18-23-12-17(24-18)15-8-10-16(11-9-15)21-25-19(3,4)20(5,6)26-21/h8-12,14,22H,7,13H2,1-6H3,(H,23,24)/t14-/m0/s1. The highest BCUT2D eigenvalue weighted by Crippen LogP contribution is 2.36. The number of nitrogens with zero attached hydrogens (tertiary/aromatic N) is 1. The van der Waals surface area contributed by atoms with Gasteiger partial charge >= 0.3 is 7.12 Å². The Morgan fingerprint density at radius 2 is 1.73 bits per heavy atom. The van der Waals surface area contributed by atoms with Gasteiger partial charge in [-0.2, -0.15) is 0 Å². The van der Waals surface area contributed by atoms with Crippen LogP contribution in [0.3, 0.4) is 0 Å². The topological polar surface area (TPSA) is 59.2 Å². The molecular weight excluding hydrogens is 325 g/mol. The number of nitrogens with one attached hydrogen (secondary N) is 2. The minimum absolute atomic E-state index is 0.322. The summed E-state index contributed by atoms with van der Waals surface area (Å²) in [4.78, 5) is 7.86. The average Bonchev–Trinajstić information content (AvgIpc) is 3.15. The van der Waals surface area contributed by atoms with Gasteiger partial charge in [-0.05, 0) is 52.1 Å². The molecule has 2 N–H and O–H groups in total. The van der Waals surface area contributed by atoms with Crippen LogP contribution in [0.4, 0.5) is 0 Å². The van der Waals surface area contributed by atoms with Crippen molar-refractivity contribution in [3.63, 3.8) is 0 Å². The minimum Gasteiger partial charge on any atom is -0.399 e. The maximum absolute atomic E-state index is 6.11. The normalized spacial score (nSPS) is 19.7. The van der Waals surface area contributed by atoms with Crippen LogP contribution in [0.15, 0.2) is 30.5 Å². The first-order valence-corrected chi connectivity index (χ1v) is 9.45. The molecule has 140 valence electrons. The van der Waals surface area contributed by atoms with Crippen molar-refractivity contribution in [2.75, 3.05) is 0 Å². The van der Waals surface area contributed by atoms with Gasteiger partial charge in [0.15, 0.2) is 0 Å². The molecule has 5 nitrogen and oxygen atoms in total. The fourth-order valence-electron chi connectivity index (χ4n) is 2.81. The van der Waals surface area contributed by atoms with Crippen molar-refractivity contribution >= 4 is 12.6 Å². The summed E-state index contributed by atoms with van der Waals surface area (Å²) in [6, 6.07) is 8.78. The monoisotopic (exact) mass is 355 g/mol. The Balaban J connectivity index is 1.68. The van der Waals surface area contributed by atoms with Gasteiger partial charge < -0.3 is 19.6 Å². The highest BCUT2D eigenvalue weighted by molar-refractivity contribution is 6.62. The molecule has 1 aliphatic heterocycles. The van der Waals surface area contributed by atoms with E-state index >= 15 is 0 Å². The zero-order valence-corrected chi connectivity index (χ0v) is 16.7. The molecule has 3 rings (SSSR count). The average molecular weight is 355 g/mol. The van der Waals surface area contributed by atoms with Crippen LogP contribution in [0.1, 0.15) is 53.8 Å². The minimum atomic E-state index is -0.328. The second-order valence-electron chi connectivity index (χ2n) is 8.14. The van der Waals surface area contributed by atoms with E-state index in [4.69, 9.17) is 9.31 Å². The molecule has 0 spiro atoms. The van der Waals surface area contributed by atoms with Crippen molar-refractivity contribution in [1.29, 1.82) is 0 Å². The summed E-state index contributed by atoms with van der Waals surface area (Å²) >= 11 is 0. The van der Waals surface area contributed by atoms with E-state index in [9.17, 15) is 0 Å². The zero-order chi connectivity index (χ0) is 18.9. The van der Waals surface area contributed by atoms with Gasteiger partial charge in [0, 0.05) is 6.04 Å². The third-order valence-corrected chi connectivity index (χ3v) is 5.61. The summed E-state index contributed by atoms with van der Waals surface area (Å²) in [5, 5.41) is 3.45. The molecule has 1 saturated heterocycles. The van der Waals surface area contributed by atoms with Crippen LogP contribution in [0.25, 0.3) is 11.3 Å². The molecule has 0 aliphatic carbocycles. The number of hydrogen-bond acceptors (Lipinski definition) is 4. The summed E-state index contributed by atoms with van der Waals surface area (Å²) in [6.07, 6.45) is 2.99. The Kier molecular flexibility index (Phi) is 5.29. The molecule has 2 heterocycles. The molecule has 0 amide bonds. The molecule has 6 heteroatoms. The quantitative estimate of drug-likeness (QED) is 0.781. The Morgan fingerprint density at radius 3 is 2.31 bits per heavy atom. The van der Waals surface area contributed by atoms with E-state index < -0.39 is 0 Å². The number of aromatic nitrogens is 2. The van der Waals surface area contributed by atoms with Crippen molar-refractivity contribution in [2.45, 2.75) is 71.8 Å². The number of rotatable bonds is 6. The lowest BCUT2D eigenvalue weighted by Crippen LogP contribution is -2.41. The predicted octanol–water partition coefficient (Wildman–Crippen LogP) is 3.26. The number of aromatic amines is 1. The third-order valence-electron chi connectivity index (χ3n) is 5.61. The van der Waals surface area contributed by atoms with E-state index in [0.717, 1.165) is 35.5 Å². The number of benzene rings is 1. The molecule has 0 bridgehead atoms. The number of hydrogen-bond donors (Lipinski definition) is 2. The Morgan fingerprint density at radius 1 is 1.12 bits per heavy atom. The molecule has 1 aromatic heterocycles. The van der Waals surface area contributed by atoms with Gasteiger partial charge in [-0.15, -0.1) is 0 Å². The van der Waals surface area contributed by atoms with Crippen LogP contribution in [0, 0.1) is 0 Å². The van der Waals surface area contributed by atoms with Crippen LogP contribution in [0.2, 0.25) is 0 Å². The molecule has 0 saturated carbocycles. The predicted molar refractivity (Wildman–Crippen MR) is 106 cm³/mol. The van der Waals surface area contributed by atoms with Gasteiger partial charge in [0.25, 0.3) is 0 Å². The van der Waals surface area contributed by atoms with E-state index in [2.05, 4.69) is 81.1 Å².